The predicted octanol–water partition coefficient (Wildman–Crippen LogP) is 12.6. The van der Waals surface area contributed by atoms with Crippen LogP contribution in [0.4, 0.5) is 0 Å². The molecule has 8 aromatic carbocycles. The van der Waals surface area contributed by atoms with Crippen molar-refractivity contribution in [1.29, 1.82) is 0 Å². The molecule has 0 aliphatic heterocycles. The molecule has 0 amide bonds. The summed E-state index contributed by atoms with van der Waals surface area (Å²) in [5.41, 5.74) is 14.2. The van der Waals surface area contributed by atoms with Crippen molar-refractivity contribution in [3.05, 3.63) is 158 Å². The number of fused-ring (bicyclic) bond motifs is 14. The third-order valence-corrected chi connectivity index (χ3v) is 10.8. The van der Waals surface area contributed by atoms with Crippen LogP contribution >= 0.6 is 0 Å². The van der Waals surface area contributed by atoms with Gasteiger partial charge in [-0.25, -0.2) is 0 Å². The Morgan fingerprint density at radius 2 is 1.00 bits per heavy atom. The van der Waals surface area contributed by atoms with E-state index in [0.717, 1.165) is 22.2 Å². The molecule has 3 heterocycles. The monoisotopic (exact) mass is 622 g/mol. The molecule has 1 aliphatic rings. The fourth-order valence-electron chi connectivity index (χ4n) is 8.95. The molecule has 0 saturated heterocycles. The lowest BCUT2D eigenvalue weighted by molar-refractivity contribution is 0.669. The zero-order chi connectivity index (χ0) is 31.8. The molecule has 3 nitrogen and oxygen atoms in total. The Hall–Kier alpha value is -6.58. The minimum absolute atomic E-state index is 0.914. The summed E-state index contributed by atoms with van der Waals surface area (Å²) in [6.07, 6.45) is 0. The molecule has 0 radical (unpaired) electrons. The van der Waals surface area contributed by atoms with Crippen molar-refractivity contribution in [1.82, 2.24) is 9.13 Å². The summed E-state index contributed by atoms with van der Waals surface area (Å²) in [7, 11) is 0. The molecule has 0 unspecified atom stereocenters. The van der Waals surface area contributed by atoms with Crippen molar-refractivity contribution >= 4 is 76.3 Å². The molecule has 226 valence electrons. The molecule has 0 spiro atoms. The minimum Gasteiger partial charge on any atom is -0.456 e. The van der Waals surface area contributed by atoms with Gasteiger partial charge in [0.15, 0.2) is 0 Å². The zero-order valence-corrected chi connectivity index (χ0v) is 26.3. The maximum atomic E-state index is 6.42. The summed E-state index contributed by atoms with van der Waals surface area (Å²) in [5.74, 6) is 0. The van der Waals surface area contributed by atoms with Gasteiger partial charge in [-0.05, 0) is 76.2 Å². The maximum Gasteiger partial charge on any atom is 0.136 e. The second-order valence-electron chi connectivity index (χ2n) is 13.2. The Morgan fingerprint density at radius 1 is 0.327 bits per heavy atom. The molecule has 49 heavy (non-hydrogen) atoms. The number of rotatable bonds is 2. The highest BCUT2D eigenvalue weighted by Crippen LogP contribution is 2.50. The highest BCUT2D eigenvalue weighted by molar-refractivity contribution is 6.33. The van der Waals surface area contributed by atoms with Gasteiger partial charge in [-0.2, -0.15) is 0 Å². The van der Waals surface area contributed by atoms with Crippen molar-refractivity contribution in [2.24, 2.45) is 0 Å². The topological polar surface area (TPSA) is 23.0 Å². The first-order valence-corrected chi connectivity index (χ1v) is 16.9. The van der Waals surface area contributed by atoms with E-state index >= 15 is 0 Å². The van der Waals surface area contributed by atoms with Crippen LogP contribution in [-0.4, -0.2) is 9.13 Å². The van der Waals surface area contributed by atoms with Crippen LogP contribution in [-0.2, 0) is 0 Å². The van der Waals surface area contributed by atoms with Crippen molar-refractivity contribution in [2.75, 3.05) is 0 Å². The first kappa shape index (κ1) is 25.5. The standard InChI is InChI=1S/C46H26N2O/c1-2-11-27(12-3-1)47-38-25-26-41-45(34-16-7-9-20-40(34)49-41)43(38)35-22-24-39-44(46(35)47)33-15-6-8-19-36(33)48(39)37-23-21-31-29-14-5-4-13-28(29)30-17-10-18-32(37)42(30)31/h1-26H. The van der Waals surface area contributed by atoms with E-state index < -0.39 is 0 Å². The Kier molecular flexibility index (Phi) is 4.72. The summed E-state index contributed by atoms with van der Waals surface area (Å²) in [6, 6.07) is 57.4. The van der Waals surface area contributed by atoms with Crippen molar-refractivity contribution in [3.63, 3.8) is 0 Å². The van der Waals surface area contributed by atoms with Crippen LogP contribution in [0.1, 0.15) is 0 Å². The largest absolute Gasteiger partial charge is 0.456 e. The maximum absolute atomic E-state index is 6.42. The lowest BCUT2D eigenvalue weighted by Crippen LogP contribution is -1.96. The lowest BCUT2D eigenvalue weighted by atomic mass is 10.0. The molecule has 0 atom stereocenters. The highest BCUT2D eigenvalue weighted by atomic mass is 16.3. The molecule has 11 aromatic rings. The van der Waals surface area contributed by atoms with E-state index in [4.69, 9.17) is 4.42 Å². The number of hydrogen-bond donors (Lipinski definition) is 0. The third-order valence-electron chi connectivity index (χ3n) is 10.8. The van der Waals surface area contributed by atoms with Crippen LogP contribution < -0.4 is 0 Å². The molecule has 0 saturated carbocycles. The molecule has 12 rings (SSSR count). The van der Waals surface area contributed by atoms with Crippen LogP contribution in [0.2, 0.25) is 0 Å². The minimum atomic E-state index is 0.914. The summed E-state index contributed by atoms with van der Waals surface area (Å²) >= 11 is 0. The SMILES string of the molecule is c1ccc(-n2c3ccc4oc5ccccc5c4c3c3ccc4c(c5ccccc5n4-c4ccc5c6c(cccc46)-c4ccccc4-5)c32)cc1. The van der Waals surface area contributed by atoms with Crippen LogP contribution in [0.3, 0.4) is 0 Å². The van der Waals surface area contributed by atoms with Crippen molar-refractivity contribution < 1.29 is 4.42 Å². The number of nitrogens with zero attached hydrogens (tertiary/aromatic N) is 2. The van der Waals surface area contributed by atoms with E-state index in [-0.39, 0.29) is 0 Å². The first-order valence-electron chi connectivity index (χ1n) is 16.9. The van der Waals surface area contributed by atoms with E-state index in [0.29, 0.717) is 0 Å². The van der Waals surface area contributed by atoms with Crippen LogP contribution in [0, 0.1) is 0 Å². The third kappa shape index (κ3) is 3.13. The fourth-order valence-corrected chi connectivity index (χ4v) is 8.95. The Balaban J connectivity index is 1.28. The zero-order valence-electron chi connectivity index (χ0n) is 26.3. The smallest absolute Gasteiger partial charge is 0.136 e. The summed E-state index contributed by atoms with van der Waals surface area (Å²) in [6.45, 7) is 0. The van der Waals surface area contributed by atoms with Crippen molar-refractivity contribution in [3.8, 4) is 33.6 Å². The molecule has 0 fully saturated rings. The van der Waals surface area contributed by atoms with E-state index in [1.165, 1.54) is 87.7 Å². The van der Waals surface area contributed by atoms with E-state index in [9.17, 15) is 0 Å². The molecule has 0 bridgehead atoms. The number of aromatic nitrogens is 2. The predicted molar refractivity (Wildman–Crippen MR) is 204 cm³/mol. The van der Waals surface area contributed by atoms with Gasteiger partial charge in [0.05, 0.1) is 27.8 Å². The van der Waals surface area contributed by atoms with E-state index in [1.807, 2.05) is 6.07 Å². The van der Waals surface area contributed by atoms with Gasteiger partial charge in [0.2, 0.25) is 0 Å². The van der Waals surface area contributed by atoms with Gasteiger partial charge in [0.1, 0.15) is 11.2 Å². The number of furan rings is 1. The van der Waals surface area contributed by atoms with Gasteiger partial charge < -0.3 is 13.6 Å². The van der Waals surface area contributed by atoms with E-state index in [2.05, 4.69) is 161 Å². The van der Waals surface area contributed by atoms with Crippen molar-refractivity contribution in [2.45, 2.75) is 0 Å². The Morgan fingerprint density at radius 3 is 1.88 bits per heavy atom. The average Bonchev–Trinajstić information content (AvgIpc) is 3.89. The molecule has 3 aromatic heterocycles. The van der Waals surface area contributed by atoms with Gasteiger partial charge >= 0.3 is 0 Å². The first-order chi connectivity index (χ1) is 24.3. The number of para-hydroxylation sites is 3. The molecule has 0 N–H and O–H groups in total. The average molecular weight is 623 g/mol. The van der Waals surface area contributed by atoms with Crippen LogP contribution in [0.25, 0.3) is 110 Å². The second-order valence-corrected chi connectivity index (χ2v) is 13.2. The quantitative estimate of drug-likeness (QED) is 0.188. The fraction of sp³-hybridized carbons (Fsp3) is 0. The molecular formula is C46H26N2O. The van der Waals surface area contributed by atoms with Gasteiger partial charge in [-0.15, -0.1) is 0 Å². The normalized spacial score (nSPS) is 12.5. The van der Waals surface area contributed by atoms with Gasteiger partial charge in [-0.1, -0.05) is 109 Å². The molecule has 3 heteroatoms. The van der Waals surface area contributed by atoms with Gasteiger partial charge in [0.25, 0.3) is 0 Å². The second kappa shape index (κ2) is 9.06. The van der Waals surface area contributed by atoms with E-state index in [1.54, 1.807) is 0 Å². The highest BCUT2D eigenvalue weighted by Gasteiger charge is 2.26. The van der Waals surface area contributed by atoms with Gasteiger partial charge in [0, 0.05) is 43.4 Å². The van der Waals surface area contributed by atoms with Crippen LogP contribution in [0.5, 0.6) is 0 Å². The van der Waals surface area contributed by atoms with Gasteiger partial charge in [-0.3, -0.25) is 0 Å². The molecule has 1 aliphatic carbocycles. The summed E-state index contributed by atoms with van der Waals surface area (Å²) < 4.78 is 11.4. The Labute approximate surface area is 280 Å². The summed E-state index contributed by atoms with van der Waals surface area (Å²) in [5, 5.41) is 9.86. The Bertz CT molecular complexity index is 3180. The molecular weight excluding hydrogens is 597 g/mol. The number of benzene rings is 8. The number of hydrogen-bond acceptors (Lipinski definition) is 1. The van der Waals surface area contributed by atoms with Crippen LogP contribution in [0.15, 0.2) is 162 Å². The summed E-state index contributed by atoms with van der Waals surface area (Å²) in [4.78, 5) is 0. The lowest BCUT2D eigenvalue weighted by Gasteiger charge is -2.13.